The largest absolute Gasteiger partial charge is 0.412 e. The van der Waals surface area contributed by atoms with Crippen molar-refractivity contribution >= 4 is 8.07 Å². The van der Waals surface area contributed by atoms with E-state index in [4.69, 9.17) is 0 Å². The molecule has 2 heteroatoms. The van der Waals surface area contributed by atoms with E-state index in [9.17, 15) is 0 Å². The van der Waals surface area contributed by atoms with Crippen LogP contribution in [0.3, 0.4) is 0 Å². The Morgan fingerprint density at radius 2 is 1.60 bits per heavy atom. The van der Waals surface area contributed by atoms with Crippen LogP contribution in [0.25, 0.3) is 0 Å². The Hall–Kier alpha value is 0.177. The molecule has 0 saturated carbocycles. The van der Waals surface area contributed by atoms with Gasteiger partial charge in [0.25, 0.3) is 0 Å². The molecular formula is C8H20OSi. The van der Waals surface area contributed by atoms with E-state index in [1.54, 1.807) is 12.1 Å². The van der Waals surface area contributed by atoms with Crippen LogP contribution in [0.15, 0.2) is 0 Å². The minimum Gasteiger partial charge on any atom is -0.412 e. The first-order chi connectivity index (χ1) is 4.27. The van der Waals surface area contributed by atoms with Crippen LogP contribution < -0.4 is 0 Å². The second kappa shape index (κ2) is 4.14. The summed E-state index contributed by atoms with van der Waals surface area (Å²) in [5, 5.41) is 0. The molecule has 62 valence electrons. The number of hydrogen-bond donors (Lipinski definition) is 0. The van der Waals surface area contributed by atoms with E-state index in [-0.39, 0.29) is 5.48 Å². The quantitative estimate of drug-likeness (QED) is 0.528. The molecule has 0 aromatic carbocycles. The van der Waals surface area contributed by atoms with Gasteiger partial charge >= 0.3 is 0 Å². The molecular weight excluding hydrogens is 140 g/mol. The van der Waals surface area contributed by atoms with Crippen LogP contribution in [-0.4, -0.2) is 13.6 Å². The molecule has 0 unspecified atom stereocenters. The van der Waals surface area contributed by atoms with Gasteiger partial charge in [-0.1, -0.05) is 50.9 Å². The zero-order valence-electron chi connectivity index (χ0n) is 7.24. The van der Waals surface area contributed by atoms with Crippen molar-refractivity contribution in [2.45, 2.75) is 50.9 Å². The van der Waals surface area contributed by atoms with Gasteiger partial charge in [-0.25, -0.2) is 0 Å². The molecule has 1 heterocycles. The molecule has 10 heavy (non-hydrogen) atoms. The predicted molar refractivity (Wildman–Crippen MR) is 49.2 cm³/mol. The summed E-state index contributed by atoms with van der Waals surface area (Å²) in [7, 11) is -0.611. The molecule has 0 aromatic heterocycles. The highest BCUT2D eigenvalue weighted by Gasteiger charge is 2.26. The first-order valence-corrected chi connectivity index (χ1v) is 7.39. The van der Waals surface area contributed by atoms with Crippen molar-refractivity contribution in [3.8, 4) is 0 Å². The molecule has 1 saturated heterocycles. The molecule has 0 amide bonds. The second-order valence-corrected chi connectivity index (χ2v) is 9.05. The maximum absolute atomic E-state index is 2.58. The van der Waals surface area contributed by atoms with Gasteiger partial charge in [-0.2, -0.15) is 0 Å². The van der Waals surface area contributed by atoms with Crippen molar-refractivity contribution in [2.75, 3.05) is 0 Å². The molecule has 1 aliphatic heterocycles. The van der Waals surface area contributed by atoms with E-state index in [0.29, 0.717) is 0 Å². The lowest BCUT2D eigenvalue weighted by molar-refractivity contribution is 0.708. The van der Waals surface area contributed by atoms with Crippen molar-refractivity contribution in [3.05, 3.63) is 0 Å². The first-order valence-electron chi connectivity index (χ1n) is 4.27. The summed E-state index contributed by atoms with van der Waals surface area (Å²) in [6, 6.07) is 4.75. The molecule has 0 aliphatic carbocycles. The normalized spacial score (nSPS) is 23.4. The highest BCUT2D eigenvalue weighted by Crippen LogP contribution is 2.30. The van der Waals surface area contributed by atoms with Crippen LogP contribution in [0.4, 0.5) is 0 Å². The molecule has 0 bridgehead atoms. The zero-order chi connectivity index (χ0) is 6.74. The Balaban J connectivity index is 0.000000810. The minimum atomic E-state index is -0.611. The third-order valence-electron chi connectivity index (χ3n) is 2.91. The van der Waals surface area contributed by atoms with Gasteiger partial charge in [0.15, 0.2) is 0 Å². The second-order valence-electron chi connectivity index (χ2n) is 3.72. The van der Waals surface area contributed by atoms with Crippen molar-refractivity contribution < 1.29 is 5.48 Å². The fourth-order valence-electron chi connectivity index (χ4n) is 1.76. The van der Waals surface area contributed by atoms with E-state index in [2.05, 4.69) is 13.5 Å². The van der Waals surface area contributed by atoms with Crippen LogP contribution in [0.5, 0.6) is 0 Å². The van der Waals surface area contributed by atoms with Gasteiger partial charge in [0.05, 0.1) is 8.07 Å². The Morgan fingerprint density at radius 3 is 1.90 bits per heavy atom. The molecule has 1 nitrogen and oxygen atoms in total. The molecule has 0 radical (unpaired) electrons. The van der Waals surface area contributed by atoms with Gasteiger partial charge in [0, 0.05) is 0 Å². The van der Waals surface area contributed by atoms with Gasteiger partial charge in [-0.3, -0.25) is 0 Å². The Morgan fingerprint density at radius 1 is 1.10 bits per heavy atom. The minimum absolute atomic E-state index is 0. The van der Waals surface area contributed by atoms with E-state index in [0.717, 1.165) is 0 Å². The summed E-state index contributed by atoms with van der Waals surface area (Å²) in [6.45, 7) is 4.96. The van der Waals surface area contributed by atoms with E-state index in [1.807, 2.05) is 0 Å². The fraction of sp³-hybridized carbons (Fsp3) is 1.00. The summed E-state index contributed by atoms with van der Waals surface area (Å²) in [6.07, 6.45) is 4.59. The number of rotatable bonds is 1. The zero-order valence-corrected chi connectivity index (χ0v) is 8.24. The average molecular weight is 160 g/mol. The third kappa shape index (κ3) is 2.43. The van der Waals surface area contributed by atoms with Crippen LogP contribution in [0.1, 0.15) is 26.2 Å². The van der Waals surface area contributed by atoms with Crippen LogP contribution in [0, 0.1) is 0 Å². The van der Waals surface area contributed by atoms with Gasteiger partial charge in [0.1, 0.15) is 0 Å². The highest BCUT2D eigenvalue weighted by molar-refractivity contribution is 6.78. The van der Waals surface area contributed by atoms with Gasteiger partial charge in [-0.15, -0.1) is 0 Å². The van der Waals surface area contributed by atoms with E-state index in [1.165, 1.54) is 25.3 Å². The van der Waals surface area contributed by atoms with Crippen molar-refractivity contribution in [2.24, 2.45) is 0 Å². The van der Waals surface area contributed by atoms with E-state index < -0.39 is 8.07 Å². The standard InChI is InChI=1S/C8H18Si.H2O/c1-3-9(2)7-5-4-6-8-9;/h3-8H2,1-2H3;1H2. The number of hydrogen-bond acceptors (Lipinski definition) is 0. The lowest BCUT2D eigenvalue weighted by atomic mass is 10.3. The van der Waals surface area contributed by atoms with Crippen molar-refractivity contribution in [1.29, 1.82) is 0 Å². The topological polar surface area (TPSA) is 31.5 Å². The summed E-state index contributed by atoms with van der Waals surface area (Å²) < 4.78 is 0. The maximum Gasteiger partial charge on any atom is 0.0502 e. The van der Waals surface area contributed by atoms with E-state index >= 15 is 0 Å². The Bertz CT molecular complexity index is 87.3. The first kappa shape index (κ1) is 10.2. The summed E-state index contributed by atoms with van der Waals surface area (Å²) in [4.78, 5) is 0. The molecule has 2 N–H and O–H groups in total. The summed E-state index contributed by atoms with van der Waals surface area (Å²) in [5.74, 6) is 0. The Kier molecular flexibility index (Phi) is 4.21. The molecule has 0 atom stereocenters. The van der Waals surface area contributed by atoms with Gasteiger partial charge in [-0.05, 0) is 0 Å². The monoisotopic (exact) mass is 160 g/mol. The molecule has 1 aliphatic rings. The van der Waals surface area contributed by atoms with Gasteiger partial charge < -0.3 is 5.48 Å². The van der Waals surface area contributed by atoms with Crippen molar-refractivity contribution in [1.82, 2.24) is 0 Å². The lowest BCUT2D eigenvalue weighted by Gasteiger charge is -2.29. The van der Waals surface area contributed by atoms with Crippen LogP contribution in [0.2, 0.25) is 24.7 Å². The fourth-order valence-corrected chi connectivity index (χ4v) is 4.92. The molecule has 1 rings (SSSR count). The lowest BCUT2D eigenvalue weighted by Crippen LogP contribution is -2.30. The maximum atomic E-state index is 2.58. The summed E-state index contributed by atoms with van der Waals surface area (Å²) in [5.41, 5.74) is 0. The predicted octanol–water partition coefficient (Wildman–Crippen LogP) is 2.44. The Labute approximate surface area is 65.1 Å². The molecule has 0 spiro atoms. The summed E-state index contributed by atoms with van der Waals surface area (Å²) >= 11 is 0. The smallest absolute Gasteiger partial charge is 0.0502 e. The van der Waals surface area contributed by atoms with Gasteiger partial charge in [0.2, 0.25) is 0 Å². The molecule has 0 aromatic rings. The molecule has 1 fully saturated rings. The van der Waals surface area contributed by atoms with Crippen molar-refractivity contribution in [3.63, 3.8) is 0 Å². The third-order valence-corrected chi connectivity index (χ3v) is 7.74. The van der Waals surface area contributed by atoms with Crippen LogP contribution >= 0.6 is 0 Å². The SMILES string of the molecule is CC[Si]1(C)CCCCC1.O. The highest BCUT2D eigenvalue weighted by atomic mass is 28.3. The average Bonchev–Trinajstić information content (AvgIpc) is 1.90. The van der Waals surface area contributed by atoms with Crippen LogP contribution in [-0.2, 0) is 0 Å².